The number of ether oxygens (including phenoxy) is 3. The van der Waals surface area contributed by atoms with E-state index in [1.165, 1.54) is 40.8 Å². The van der Waals surface area contributed by atoms with Gasteiger partial charge in [-0.15, -0.1) is 5.10 Å². The molecular weight excluding hydrogens is 1200 g/mol. The van der Waals surface area contributed by atoms with Crippen LogP contribution in [-0.2, 0) is 83.2 Å². The predicted molar refractivity (Wildman–Crippen MR) is 330 cm³/mol. The lowest BCUT2D eigenvalue weighted by Crippen LogP contribution is -2.59. The highest BCUT2D eigenvalue weighted by Crippen LogP contribution is 2.33. The van der Waals surface area contributed by atoms with Crippen LogP contribution in [0.15, 0.2) is 60.9 Å². The molecule has 0 aliphatic carbocycles. The number of urea groups is 1. The highest BCUT2D eigenvalue weighted by molar-refractivity contribution is 8.00. The van der Waals surface area contributed by atoms with E-state index in [9.17, 15) is 57.4 Å². The van der Waals surface area contributed by atoms with Crippen molar-refractivity contribution in [1.29, 1.82) is 0 Å². The summed E-state index contributed by atoms with van der Waals surface area (Å²) in [6, 6.07) is 4.83. The molecule has 6 heterocycles. The lowest BCUT2D eigenvalue weighted by molar-refractivity contribution is -0.143. The van der Waals surface area contributed by atoms with Crippen molar-refractivity contribution < 1.29 is 71.7 Å². The number of carbonyl (C=O) groups is 10. The van der Waals surface area contributed by atoms with Gasteiger partial charge in [-0.2, -0.15) is 11.8 Å². The molecule has 3 fully saturated rings. The number of thioether (sulfide) groups is 1. The van der Waals surface area contributed by atoms with Crippen LogP contribution in [0.5, 0.6) is 0 Å². The largest absolute Gasteiger partial charge is 0.394 e. The Morgan fingerprint density at radius 2 is 1.44 bits per heavy atom. The molecule has 9 amide bonds. The van der Waals surface area contributed by atoms with Crippen molar-refractivity contribution in [2.75, 3.05) is 58.5 Å². The maximum Gasteiger partial charge on any atom is 0.315 e. The number of primary amides is 1. The Morgan fingerprint density at radius 3 is 2.22 bits per heavy atom. The van der Waals surface area contributed by atoms with Crippen LogP contribution in [0.3, 0.4) is 0 Å². The molecule has 2 aromatic carbocycles. The zero-order valence-corrected chi connectivity index (χ0v) is 51.9. The van der Waals surface area contributed by atoms with Crippen LogP contribution in [0, 0.1) is 11.7 Å². The number of halogens is 1. The Morgan fingerprint density at radius 1 is 0.725 bits per heavy atom. The van der Waals surface area contributed by atoms with Crippen molar-refractivity contribution in [2.24, 2.45) is 11.7 Å². The summed E-state index contributed by atoms with van der Waals surface area (Å²) in [6.07, 6.45) is 8.02. The summed E-state index contributed by atoms with van der Waals surface area (Å²) in [6.45, 7) is 1.53. The number of aliphatic hydroxyl groups is 1. The standard InChI is InChI=1S/C62H84FN13O14S/c1-37-56(81)68-48(28-38-17-19-41(63)20-18-38)59(84)67-47(55(64)80)14-6-7-21-75-33-42(73-74-75)29-39(30-44(79)35-90-27-26-89-25-24-88-23-9-11-43(78)10-2-5-16-53-54-51(36-91-53)71-62(87)72-54)57(82)70-50(34-77)61(86)76-22-8-15-52(76)60(85)69-49(58(83)66-37)31-40-32-65-46-13-4-3-12-45(40)46/h3-4,12-13,17-20,32-33,37,39,47-54,65,77H,2,5-11,14-16,21-31,34-36H2,1H3,(H2,64,80)(H,66,83)(H,67,84)(H,68,81)(H,69,85)(H,70,82)(H2,71,72,87)/t37-,39-,47+,48+,49-,50-,51+,52-,53+,54+/m1/s1. The third-order valence-corrected chi connectivity index (χ3v) is 18.2. The molecule has 8 rings (SSSR count). The number of para-hydroxylation sites is 1. The zero-order valence-electron chi connectivity index (χ0n) is 51.1. The number of ketones is 2. The topological polar surface area (TPSA) is 379 Å². The number of Topliss-reactive ketones (excluding diaryl/α,β-unsaturated/α-hetero) is 2. The van der Waals surface area contributed by atoms with E-state index in [0.717, 1.165) is 35.9 Å². The van der Waals surface area contributed by atoms with Crippen LogP contribution in [0.2, 0.25) is 0 Å². The van der Waals surface area contributed by atoms with Gasteiger partial charge in [0.25, 0.3) is 0 Å². The third kappa shape index (κ3) is 20.6. The molecule has 3 saturated heterocycles. The molecule has 91 heavy (non-hydrogen) atoms. The Bertz CT molecular complexity index is 3170. The normalized spacial score (nSPS) is 24.9. The minimum absolute atomic E-state index is 0.0400. The summed E-state index contributed by atoms with van der Waals surface area (Å²) < 4.78 is 32.3. The lowest BCUT2D eigenvalue weighted by Gasteiger charge is -2.30. The van der Waals surface area contributed by atoms with Crippen LogP contribution >= 0.6 is 11.8 Å². The number of aromatic amines is 1. The van der Waals surface area contributed by atoms with Crippen LogP contribution in [0.4, 0.5) is 9.18 Å². The highest BCUT2D eigenvalue weighted by atomic mass is 32.2. The van der Waals surface area contributed by atoms with Crippen LogP contribution < -0.4 is 43.0 Å². The molecule has 0 radical (unpaired) electrons. The first-order chi connectivity index (χ1) is 43.9. The van der Waals surface area contributed by atoms with E-state index in [0.29, 0.717) is 67.2 Å². The van der Waals surface area contributed by atoms with Crippen molar-refractivity contribution in [3.05, 3.63) is 83.6 Å². The van der Waals surface area contributed by atoms with Gasteiger partial charge < -0.3 is 72.2 Å². The molecule has 0 spiro atoms. The number of carbonyl (C=O) groups excluding carboxylic acids is 10. The quantitative estimate of drug-likeness (QED) is 0.0323. The van der Waals surface area contributed by atoms with E-state index in [1.54, 1.807) is 18.5 Å². The molecule has 29 heteroatoms. The number of rotatable bonds is 25. The fourth-order valence-electron chi connectivity index (χ4n) is 11.7. The van der Waals surface area contributed by atoms with E-state index in [2.05, 4.69) is 52.5 Å². The fraction of sp³-hybridized carbons (Fsp3) is 0.581. The van der Waals surface area contributed by atoms with Gasteiger partial charge in [-0.3, -0.25) is 47.8 Å². The summed E-state index contributed by atoms with van der Waals surface area (Å²) in [5.41, 5.74) is 7.93. The van der Waals surface area contributed by atoms with Crippen LogP contribution in [0.25, 0.3) is 10.9 Å². The molecule has 494 valence electrons. The molecular formula is C62H84FN13O14S. The fourth-order valence-corrected chi connectivity index (χ4v) is 13.3. The summed E-state index contributed by atoms with van der Waals surface area (Å²) in [5, 5.41) is 39.5. The summed E-state index contributed by atoms with van der Waals surface area (Å²) in [5.74, 6) is -6.60. The smallest absolute Gasteiger partial charge is 0.315 e. The number of hydrogen-bond acceptors (Lipinski definition) is 17. The number of amides is 9. The number of aryl methyl sites for hydroxylation is 1. The lowest BCUT2D eigenvalue weighted by atomic mass is 9.95. The number of nitrogens with zero attached hydrogens (tertiary/aromatic N) is 4. The number of fused-ring (bicyclic) bond motifs is 5. The SMILES string of the molecule is C[C@H]1NC(=O)[C@@H](Cc2c[nH]c3ccccc23)NC(=O)[C@H]2CCCN2C(=O)[C@@H](CO)NC(=O)[C@@H](CC(=O)COCCOCCOCCCC(=O)CCCC[C@@H]2SC[C@@H]3NC(=O)N[C@@H]32)Cc2cn(nn2)CCCC[C@@H](C(N)=O)NC(=O)[C@H](Cc2ccc(F)cc2)NC1=O. The molecule has 11 N–H and O–H groups in total. The Kier molecular flexibility index (Phi) is 26.2. The molecule has 4 aliphatic rings. The second-order valence-electron chi connectivity index (χ2n) is 23.5. The number of aromatic nitrogens is 4. The van der Waals surface area contributed by atoms with Gasteiger partial charge in [-0.1, -0.05) is 42.0 Å². The first kappa shape index (κ1) is 69.0. The molecule has 2 bridgehead atoms. The van der Waals surface area contributed by atoms with E-state index in [-0.39, 0.29) is 109 Å². The summed E-state index contributed by atoms with van der Waals surface area (Å²) in [4.78, 5) is 140. The molecule has 0 saturated carbocycles. The molecule has 2 aromatic heterocycles. The minimum atomic E-state index is -1.56. The minimum Gasteiger partial charge on any atom is -0.394 e. The number of H-pyrrole nitrogens is 1. The molecule has 0 unspecified atom stereocenters. The average Bonchev–Trinajstić information content (AvgIpc) is 2.23. The number of hydrogen-bond donors (Lipinski definition) is 10. The maximum absolute atomic E-state index is 14.5. The molecule has 27 nitrogen and oxygen atoms in total. The first-order valence-electron chi connectivity index (χ1n) is 31.3. The van der Waals surface area contributed by atoms with Crippen LogP contribution in [0.1, 0.15) is 101 Å². The van der Waals surface area contributed by atoms with Crippen molar-refractivity contribution in [3.8, 4) is 0 Å². The van der Waals surface area contributed by atoms with E-state index in [1.807, 2.05) is 30.0 Å². The number of aliphatic hydroxyl groups excluding tert-OH is 1. The first-order valence-corrected chi connectivity index (χ1v) is 32.3. The van der Waals surface area contributed by atoms with Gasteiger partial charge in [0.15, 0.2) is 5.78 Å². The second-order valence-corrected chi connectivity index (χ2v) is 24.8. The van der Waals surface area contributed by atoms with Gasteiger partial charge in [0.05, 0.1) is 56.7 Å². The average molecular weight is 1290 g/mol. The van der Waals surface area contributed by atoms with Crippen molar-refractivity contribution in [2.45, 2.75) is 163 Å². The number of benzene rings is 2. The zero-order chi connectivity index (χ0) is 64.8. The predicted octanol–water partition coefficient (Wildman–Crippen LogP) is 0.723. The molecule has 10 atom stereocenters. The second kappa shape index (κ2) is 34.5. The molecule has 4 aromatic rings. The van der Waals surface area contributed by atoms with Gasteiger partial charge in [-0.25, -0.2) is 9.18 Å². The Hall–Kier alpha value is -7.86. The number of unbranched alkanes of at least 4 members (excludes halogenated alkanes) is 1. The maximum atomic E-state index is 14.5. The number of nitrogens with two attached hydrogens (primary N) is 1. The van der Waals surface area contributed by atoms with Crippen molar-refractivity contribution in [1.82, 2.24) is 62.1 Å². The Labute approximate surface area is 530 Å². The third-order valence-electron chi connectivity index (χ3n) is 16.7. The van der Waals surface area contributed by atoms with Crippen molar-refractivity contribution >= 4 is 81.6 Å². The van der Waals surface area contributed by atoms with Crippen molar-refractivity contribution in [3.63, 3.8) is 0 Å². The molecule has 4 aliphatic heterocycles. The van der Waals surface area contributed by atoms with Gasteiger partial charge in [0.2, 0.25) is 41.4 Å². The summed E-state index contributed by atoms with van der Waals surface area (Å²) >= 11 is 1.86. The van der Waals surface area contributed by atoms with Gasteiger partial charge in [0.1, 0.15) is 54.5 Å². The van der Waals surface area contributed by atoms with Gasteiger partial charge >= 0.3 is 6.03 Å². The van der Waals surface area contributed by atoms with Crippen LogP contribution in [-0.4, -0.2) is 201 Å². The van der Waals surface area contributed by atoms with E-state index < -0.39 is 102 Å². The Balaban J connectivity index is 0.882. The number of nitrogens with one attached hydrogen (secondary N) is 8. The highest BCUT2D eigenvalue weighted by Gasteiger charge is 2.43. The van der Waals surface area contributed by atoms with Gasteiger partial charge in [-0.05, 0) is 87.6 Å². The van der Waals surface area contributed by atoms with E-state index >= 15 is 0 Å². The van der Waals surface area contributed by atoms with Gasteiger partial charge in [0, 0.05) is 92.5 Å². The monoisotopic (exact) mass is 1290 g/mol. The van der Waals surface area contributed by atoms with E-state index in [4.69, 9.17) is 19.9 Å². The summed E-state index contributed by atoms with van der Waals surface area (Å²) in [7, 11) is 0.